The Bertz CT molecular complexity index is 1000. The summed E-state index contributed by atoms with van der Waals surface area (Å²) in [4.78, 5) is 14.3. The molecule has 0 atom stereocenters. The van der Waals surface area contributed by atoms with Gasteiger partial charge in [0.2, 0.25) is 12.6 Å². The summed E-state index contributed by atoms with van der Waals surface area (Å²) >= 11 is 0. The Labute approximate surface area is 169 Å². The van der Waals surface area contributed by atoms with Crippen molar-refractivity contribution in [1.82, 2.24) is 0 Å². The van der Waals surface area contributed by atoms with Gasteiger partial charge in [0.25, 0.3) is 0 Å². The molecule has 2 aromatic rings. The summed E-state index contributed by atoms with van der Waals surface area (Å²) in [6.45, 7) is 5.28. The molecule has 0 aliphatic carbocycles. The van der Waals surface area contributed by atoms with E-state index in [-0.39, 0.29) is 24.1 Å². The molecular formula is C23H24NO5+. The lowest BCUT2D eigenvalue weighted by atomic mass is 9.98. The lowest BCUT2D eigenvalue weighted by molar-refractivity contribution is -0.919. The van der Waals surface area contributed by atoms with E-state index in [9.17, 15) is 9.90 Å². The van der Waals surface area contributed by atoms with Gasteiger partial charge in [0.1, 0.15) is 12.3 Å². The van der Waals surface area contributed by atoms with Crippen LogP contribution in [0.4, 0.5) is 0 Å². The van der Waals surface area contributed by atoms with E-state index >= 15 is 0 Å². The minimum Gasteiger partial charge on any atom is -0.507 e. The Hall–Kier alpha value is -2.99. The van der Waals surface area contributed by atoms with Crippen molar-refractivity contribution in [2.24, 2.45) is 5.92 Å². The second-order valence-electron chi connectivity index (χ2n) is 8.10. The fourth-order valence-electron chi connectivity index (χ4n) is 4.22. The number of allylic oxidation sites excluding steroid dienone is 1. The first kappa shape index (κ1) is 18.1. The highest BCUT2D eigenvalue weighted by atomic mass is 16.7. The molecule has 150 valence electrons. The third-order valence-corrected chi connectivity index (χ3v) is 6.02. The van der Waals surface area contributed by atoms with E-state index in [1.165, 1.54) is 17.7 Å². The largest absolute Gasteiger partial charge is 0.507 e. The van der Waals surface area contributed by atoms with E-state index in [0.29, 0.717) is 29.4 Å². The number of likely N-dealkylation sites (tertiary alicyclic amines) is 1. The monoisotopic (exact) mass is 394 g/mol. The Morgan fingerprint density at radius 3 is 2.76 bits per heavy atom. The second-order valence-corrected chi connectivity index (χ2v) is 8.10. The van der Waals surface area contributed by atoms with Crippen LogP contribution in [0.3, 0.4) is 0 Å². The van der Waals surface area contributed by atoms with Gasteiger partial charge in [0.15, 0.2) is 23.0 Å². The van der Waals surface area contributed by atoms with Gasteiger partial charge in [-0.1, -0.05) is 13.0 Å². The van der Waals surface area contributed by atoms with Crippen LogP contribution >= 0.6 is 0 Å². The number of piperidine rings is 1. The molecule has 6 heteroatoms. The minimum absolute atomic E-state index is 0.166. The molecular weight excluding hydrogens is 370 g/mol. The number of nitrogens with one attached hydrogen (secondary N) is 1. The van der Waals surface area contributed by atoms with Gasteiger partial charge < -0.3 is 24.2 Å². The highest BCUT2D eigenvalue weighted by Gasteiger charge is 2.33. The number of carbonyl (C=O) groups is 1. The molecule has 0 saturated carbocycles. The van der Waals surface area contributed by atoms with Crippen molar-refractivity contribution in [3.63, 3.8) is 0 Å². The van der Waals surface area contributed by atoms with Crippen LogP contribution in [-0.2, 0) is 6.54 Å². The maximum absolute atomic E-state index is 12.9. The van der Waals surface area contributed by atoms with Gasteiger partial charge in [0, 0.05) is 0 Å². The molecule has 29 heavy (non-hydrogen) atoms. The molecule has 0 spiro atoms. The first-order chi connectivity index (χ1) is 14.1. The molecule has 3 heterocycles. The van der Waals surface area contributed by atoms with Crippen LogP contribution in [0, 0.1) is 5.92 Å². The fourth-order valence-corrected chi connectivity index (χ4v) is 4.22. The van der Waals surface area contributed by atoms with E-state index < -0.39 is 0 Å². The first-order valence-electron chi connectivity index (χ1n) is 10.1. The summed E-state index contributed by atoms with van der Waals surface area (Å²) in [5, 5.41) is 10.5. The van der Waals surface area contributed by atoms with Crippen LogP contribution < -0.4 is 19.1 Å². The van der Waals surface area contributed by atoms with E-state index in [2.05, 4.69) is 6.92 Å². The SMILES string of the molecule is CC1CC[NH+](Cc2c(O)ccc3c2O/C(=C\c2ccc4c(c2)OCO4)C3=O)CC1. The van der Waals surface area contributed by atoms with Gasteiger partial charge in [-0.25, -0.2) is 0 Å². The Kier molecular flexibility index (Phi) is 4.43. The van der Waals surface area contributed by atoms with Crippen molar-refractivity contribution in [3.8, 4) is 23.0 Å². The highest BCUT2D eigenvalue weighted by molar-refractivity contribution is 6.15. The third kappa shape index (κ3) is 3.34. The number of rotatable bonds is 3. The zero-order valence-corrected chi connectivity index (χ0v) is 16.4. The number of Topliss-reactive ketones (excluding diaryl/α,β-unsaturated/α-hetero) is 1. The molecule has 5 rings (SSSR count). The number of aromatic hydroxyl groups is 1. The van der Waals surface area contributed by atoms with Crippen LogP contribution in [0.15, 0.2) is 36.1 Å². The van der Waals surface area contributed by atoms with Crippen LogP contribution in [0.1, 0.15) is 41.3 Å². The van der Waals surface area contributed by atoms with E-state index in [1.807, 2.05) is 18.2 Å². The molecule has 0 bridgehead atoms. The summed E-state index contributed by atoms with van der Waals surface area (Å²) < 4.78 is 16.7. The smallest absolute Gasteiger partial charge is 0.231 e. The number of hydrogen-bond donors (Lipinski definition) is 2. The molecule has 3 aliphatic rings. The summed E-state index contributed by atoms with van der Waals surface area (Å²) in [6, 6.07) is 8.75. The number of phenolic OH excluding ortho intramolecular Hbond substituents is 1. The summed E-state index contributed by atoms with van der Waals surface area (Å²) in [6.07, 6.45) is 4.07. The number of fused-ring (bicyclic) bond motifs is 2. The number of quaternary nitrogens is 1. The highest BCUT2D eigenvalue weighted by Crippen LogP contribution is 2.40. The molecule has 1 saturated heterocycles. The number of ether oxygens (including phenoxy) is 3. The van der Waals surface area contributed by atoms with Crippen molar-refractivity contribution < 1.29 is 29.0 Å². The third-order valence-electron chi connectivity index (χ3n) is 6.02. The molecule has 0 unspecified atom stereocenters. The maximum atomic E-state index is 12.9. The van der Waals surface area contributed by atoms with Gasteiger partial charge in [-0.15, -0.1) is 0 Å². The van der Waals surface area contributed by atoms with Crippen LogP contribution in [-0.4, -0.2) is 30.8 Å². The molecule has 0 aromatic heterocycles. The van der Waals surface area contributed by atoms with Crippen molar-refractivity contribution >= 4 is 11.9 Å². The van der Waals surface area contributed by atoms with Gasteiger partial charge in [-0.2, -0.15) is 0 Å². The normalized spacial score (nSPS) is 23.9. The number of phenols is 1. The minimum atomic E-state index is -0.166. The zero-order valence-electron chi connectivity index (χ0n) is 16.4. The topological polar surface area (TPSA) is 69.4 Å². The predicted octanol–water partition coefficient (Wildman–Crippen LogP) is 2.55. The van der Waals surface area contributed by atoms with Gasteiger partial charge >= 0.3 is 0 Å². The number of carbonyl (C=O) groups excluding carboxylic acids is 1. The van der Waals surface area contributed by atoms with E-state index in [1.54, 1.807) is 18.2 Å². The molecule has 2 N–H and O–H groups in total. The first-order valence-corrected chi connectivity index (χ1v) is 10.1. The average molecular weight is 394 g/mol. The number of hydrogen-bond acceptors (Lipinski definition) is 5. The lowest BCUT2D eigenvalue weighted by Gasteiger charge is -2.27. The molecule has 2 aromatic carbocycles. The quantitative estimate of drug-likeness (QED) is 0.783. The van der Waals surface area contributed by atoms with E-state index in [4.69, 9.17) is 14.2 Å². The van der Waals surface area contributed by atoms with Crippen molar-refractivity contribution in [2.45, 2.75) is 26.3 Å². The molecule has 3 aliphatic heterocycles. The molecule has 6 nitrogen and oxygen atoms in total. The van der Waals surface area contributed by atoms with Crippen LogP contribution in [0.2, 0.25) is 0 Å². The van der Waals surface area contributed by atoms with Gasteiger partial charge in [-0.3, -0.25) is 4.79 Å². The summed E-state index contributed by atoms with van der Waals surface area (Å²) in [5.41, 5.74) is 2.02. The number of benzene rings is 2. The van der Waals surface area contributed by atoms with Gasteiger partial charge in [-0.05, 0) is 54.7 Å². The zero-order chi connectivity index (χ0) is 20.0. The Balaban J connectivity index is 1.43. The molecule has 1 fully saturated rings. The second kappa shape index (κ2) is 7.12. The summed E-state index contributed by atoms with van der Waals surface area (Å²) in [7, 11) is 0. The predicted molar refractivity (Wildman–Crippen MR) is 106 cm³/mol. The van der Waals surface area contributed by atoms with Crippen LogP contribution in [0.25, 0.3) is 6.08 Å². The number of ketones is 1. The van der Waals surface area contributed by atoms with Crippen molar-refractivity contribution in [1.29, 1.82) is 0 Å². The lowest BCUT2D eigenvalue weighted by Crippen LogP contribution is -3.11. The Morgan fingerprint density at radius 1 is 1.14 bits per heavy atom. The van der Waals surface area contributed by atoms with E-state index in [0.717, 1.165) is 30.1 Å². The van der Waals surface area contributed by atoms with Gasteiger partial charge in [0.05, 0.1) is 24.2 Å². The van der Waals surface area contributed by atoms with Crippen molar-refractivity contribution in [2.75, 3.05) is 19.9 Å². The van der Waals surface area contributed by atoms with Crippen LogP contribution in [0.5, 0.6) is 23.0 Å². The Morgan fingerprint density at radius 2 is 1.93 bits per heavy atom. The summed E-state index contributed by atoms with van der Waals surface area (Å²) in [5.74, 6) is 2.88. The maximum Gasteiger partial charge on any atom is 0.231 e. The average Bonchev–Trinajstić information content (AvgIpc) is 3.30. The molecule has 0 radical (unpaired) electrons. The van der Waals surface area contributed by atoms with Crippen molar-refractivity contribution in [3.05, 3.63) is 52.8 Å². The fraction of sp³-hybridized carbons (Fsp3) is 0.348. The molecule has 0 amide bonds. The standard InChI is InChI=1S/C23H23NO5/c1-14-6-8-24(9-7-14)12-17-18(25)4-3-16-22(26)21(29-23(16)17)11-15-2-5-19-20(10-15)28-13-27-19/h2-5,10-11,14,25H,6-9,12-13H2,1H3/p+1/b21-11-.